The number of aryl methyl sites for hydroxylation is 3. The molecule has 1 unspecified atom stereocenters. The number of rotatable bonds is 8. The van der Waals surface area contributed by atoms with Gasteiger partial charge in [0.1, 0.15) is 11.7 Å². The van der Waals surface area contributed by atoms with Crippen LogP contribution in [0.25, 0.3) is 22.2 Å². The number of imide groups is 1. The van der Waals surface area contributed by atoms with Crippen LogP contribution in [0.5, 0.6) is 0 Å². The van der Waals surface area contributed by atoms with Crippen molar-refractivity contribution >= 4 is 46.0 Å². The third kappa shape index (κ3) is 7.15. The number of hydrogen-bond donors (Lipinski definition) is 2. The van der Waals surface area contributed by atoms with Gasteiger partial charge in [-0.05, 0) is 89.9 Å². The van der Waals surface area contributed by atoms with E-state index in [9.17, 15) is 32.8 Å². The smallest absolute Gasteiger partial charge is 0.328 e. The van der Waals surface area contributed by atoms with Crippen LogP contribution in [0.1, 0.15) is 101 Å². The minimum absolute atomic E-state index is 0.123. The Balaban J connectivity index is 0.955. The minimum atomic E-state index is -2.77. The highest BCUT2D eigenvalue weighted by Crippen LogP contribution is 2.43. The lowest BCUT2D eigenvalue weighted by Crippen LogP contribution is -2.52. The molecule has 59 heavy (non-hydrogen) atoms. The number of carbonyl (C=O) groups is 4. The quantitative estimate of drug-likeness (QED) is 0.111. The summed E-state index contributed by atoms with van der Waals surface area (Å²) in [5.74, 6) is 4.71. The predicted molar refractivity (Wildman–Crippen MR) is 219 cm³/mol. The van der Waals surface area contributed by atoms with Crippen molar-refractivity contribution in [3.05, 3.63) is 110 Å². The lowest BCUT2D eigenvalue weighted by atomic mass is 9.91. The minimum Gasteiger partial charge on any atom is -0.350 e. The van der Waals surface area contributed by atoms with E-state index in [1.54, 1.807) is 53.6 Å². The summed E-state index contributed by atoms with van der Waals surface area (Å²) in [7, 11) is 3.51. The van der Waals surface area contributed by atoms with Gasteiger partial charge < -0.3 is 15.1 Å². The first-order chi connectivity index (χ1) is 28.3. The third-order valence-electron chi connectivity index (χ3n) is 11.6. The van der Waals surface area contributed by atoms with Crippen LogP contribution in [0, 0.1) is 11.8 Å². The Kier molecular flexibility index (Phi) is 10.4. The Morgan fingerprint density at radius 2 is 1.80 bits per heavy atom. The first kappa shape index (κ1) is 39.2. The molecule has 1 fully saturated rings. The number of piperidine rings is 1. The zero-order chi connectivity index (χ0) is 41.7. The highest BCUT2D eigenvalue weighted by Gasteiger charge is 2.39. The van der Waals surface area contributed by atoms with Crippen LogP contribution in [-0.2, 0) is 36.6 Å². The average Bonchev–Trinajstić information content (AvgIpc) is 3.67. The number of alkyl halides is 2. The fourth-order valence-electron chi connectivity index (χ4n) is 8.49. The van der Waals surface area contributed by atoms with Crippen LogP contribution in [0.2, 0.25) is 0 Å². The largest absolute Gasteiger partial charge is 0.350 e. The summed E-state index contributed by atoms with van der Waals surface area (Å²) >= 11 is 0. The first-order valence-corrected chi connectivity index (χ1v) is 19.7. The molecule has 8 rings (SSSR count). The molecule has 3 aliphatic heterocycles. The SMILES string of the molecule is CC(C)c1cc(N2CCCc3cc(-c4ccc(C(=O)NCCC#Cc5cccc6c5CN(C5CCC(=O)NC5=O)C6=O)nc4)c(C(F)F)cc32)cc2c1n(C)c(=O)n2C. The standard InChI is InChI=1S/C45H43F2N7O5/c1-25(2)31-20-29(21-38-40(31)52(4)45(59)51(38)3)53-18-8-11-27-19-32(33(41(46)47)22-37(27)53)28-13-14-35(49-23-28)42(56)48-17-6-5-9-26-10-7-12-30-34(26)24-54(44(30)58)36-15-16-39(55)50-43(36)57/h7,10,12-14,19-23,25,36,41H,6,8,11,15-18,24H2,1-4H3,(H,48,56)(H,50,55,57). The summed E-state index contributed by atoms with van der Waals surface area (Å²) < 4.78 is 32.9. The van der Waals surface area contributed by atoms with Crippen LogP contribution >= 0.6 is 0 Å². The molecule has 1 saturated heterocycles. The lowest BCUT2D eigenvalue weighted by molar-refractivity contribution is -0.136. The molecule has 3 aliphatic rings. The van der Waals surface area contributed by atoms with Crippen molar-refractivity contribution in [3.63, 3.8) is 0 Å². The lowest BCUT2D eigenvalue weighted by Gasteiger charge is -2.33. The number of pyridine rings is 1. The molecule has 2 aromatic heterocycles. The zero-order valence-corrected chi connectivity index (χ0v) is 33.2. The molecule has 0 aliphatic carbocycles. The first-order valence-electron chi connectivity index (χ1n) is 19.7. The molecule has 5 heterocycles. The number of fused-ring (bicyclic) bond motifs is 3. The maximum atomic E-state index is 14.8. The maximum Gasteiger partial charge on any atom is 0.328 e. The highest BCUT2D eigenvalue weighted by atomic mass is 19.3. The number of imidazole rings is 1. The Labute approximate surface area is 339 Å². The Hall–Kier alpha value is -6.62. The molecule has 14 heteroatoms. The van der Waals surface area contributed by atoms with Gasteiger partial charge in [-0.15, -0.1) is 0 Å². The van der Waals surface area contributed by atoms with E-state index in [0.717, 1.165) is 34.3 Å². The van der Waals surface area contributed by atoms with Gasteiger partial charge in [-0.3, -0.25) is 38.6 Å². The van der Waals surface area contributed by atoms with E-state index in [4.69, 9.17) is 0 Å². The molecule has 5 aromatic rings. The van der Waals surface area contributed by atoms with Gasteiger partial charge >= 0.3 is 5.69 Å². The molecule has 0 bridgehead atoms. The number of benzene rings is 3. The number of aromatic nitrogens is 3. The van der Waals surface area contributed by atoms with Gasteiger partial charge in [-0.1, -0.05) is 37.8 Å². The zero-order valence-electron chi connectivity index (χ0n) is 33.2. The maximum absolute atomic E-state index is 14.8. The summed E-state index contributed by atoms with van der Waals surface area (Å²) in [5, 5.41) is 5.10. The second-order valence-electron chi connectivity index (χ2n) is 15.6. The predicted octanol–water partition coefficient (Wildman–Crippen LogP) is 6.02. The van der Waals surface area contributed by atoms with Crippen LogP contribution in [-0.4, -0.2) is 61.8 Å². The van der Waals surface area contributed by atoms with E-state index < -0.39 is 24.3 Å². The van der Waals surface area contributed by atoms with E-state index in [-0.39, 0.29) is 60.6 Å². The molecule has 2 N–H and O–H groups in total. The number of amides is 4. The molecule has 1 atom stereocenters. The second kappa shape index (κ2) is 15.6. The fourth-order valence-corrected chi connectivity index (χ4v) is 8.49. The van der Waals surface area contributed by atoms with E-state index in [2.05, 4.69) is 52.3 Å². The van der Waals surface area contributed by atoms with Crippen LogP contribution < -0.4 is 21.2 Å². The van der Waals surface area contributed by atoms with Crippen molar-refractivity contribution in [1.82, 2.24) is 29.7 Å². The van der Waals surface area contributed by atoms with Crippen molar-refractivity contribution in [1.29, 1.82) is 0 Å². The number of halogens is 2. The van der Waals surface area contributed by atoms with Gasteiger partial charge in [-0.25, -0.2) is 13.6 Å². The number of hydrogen-bond acceptors (Lipinski definition) is 7. The Morgan fingerprint density at radius 3 is 2.53 bits per heavy atom. The van der Waals surface area contributed by atoms with Crippen LogP contribution in [0.15, 0.2) is 65.6 Å². The normalized spacial score (nSPS) is 16.3. The molecule has 4 amide bonds. The molecule has 302 valence electrons. The second-order valence-corrected chi connectivity index (χ2v) is 15.6. The third-order valence-corrected chi connectivity index (χ3v) is 11.6. The van der Waals surface area contributed by atoms with E-state index in [1.165, 1.54) is 17.2 Å². The highest BCUT2D eigenvalue weighted by molar-refractivity contribution is 6.05. The van der Waals surface area contributed by atoms with Crippen molar-refractivity contribution in [2.45, 2.75) is 70.9 Å². The van der Waals surface area contributed by atoms with Crippen molar-refractivity contribution in [2.75, 3.05) is 18.0 Å². The average molecular weight is 800 g/mol. The molecule has 0 saturated carbocycles. The van der Waals surface area contributed by atoms with E-state index in [0.29, 0.717) is 52.9 Å². The van der Waals surface area contributed by atoms with Crippen molar-refractivity contribution < 1.29 is 28.0 Å². The van der Waals surface area contributed by atoms with E-state index >= 15 is 0 Å². The van der Waals surface area contributed by atoms with Crippen LogP contribution in [0.4, 0.5) is 20.2 Å². The Morgan fingerprint density at radius 1 is 0.983 bits per heavy atom. The fraction of sp³-hybridized carbons (Fsp3) is 0.333. The molecular weight excluding hydrogens is 757 g/mol. The summed E-state index contributed by atoms with van der Waals surface area (Å²) in [4.78, 5) is 70.9. The molecular formula is C45H43F2N7O5. The Bertz CT molecular complexity index is 2690. The van der Waals surface area contributed by atoms with E-state index in [1.807, 2.05) is 12.1 Å². The van der Waals surface area contributed by atoms with Gasteiger partial charge in [0.2, 0.25) is 11.8 Å². The van der Waals surface area contributed by atoms with Crippen molar-refractivity contribution in [2.24, 2.45) is 14.1 Å². The molecule has 3 aromatic carbocycles. The number of anilines is 2. The topological polar surface area (TPSA) is 139 Å². The van der Waals surface area contributed by atoms with Gasteiger partial charge in [0.15, 0.2) is 0 Å². The molecule has 0 radical (unpaired) electrons. The number of nitrogens with zero attached hydrogens (tertiary/aromatic N) is 5. The van der Waals surface area contributed by atoms with Gasteiger partial charge in [0.05, 0.1) is 11.0 Å². The van der Waals surface area contributed by atoms with Crippen LogP contribution in [0.3, 0.4) is 0 Å². The monoisotopic (exact) mass is 799 g/mol. The number of carbonyl (C=O) groups excluding carboxylic acids is 4. The van der Waals surface area contributed by atoms with Gasteiger partial charge in [0.25, 0.3) is 18.2 Å². The molecule has 12 nitrogen and oxygen atoms in total. The van der Waals surface area contributed by atoms with Gasteiger partial charge in [-0.2, -0.15) is 0 Å². The summed E-state index contributed by atoms with van der Waals surface area (Å²) in [5.41, 5.74) is 7.66. The van der Waals surface area contributed by atoms with Gasteiger partial charge in [0, 0.05) is 86.4 Å². The van der Waals surface area contributed by atoms with Crippen molar-refractivity contribution in [3.8, 4) is 23.0 Å². The number of nitrogens with one attached hydrogen (secondary N) is 2. The molecule has 0 spiro atoms. The summed E-state index contributed by atoms with van der Waals surface area (Å²) in [6, 6.07) is 15.1. The summed E-state index contributed by atoms with van der Waals surface area (Å²) in [6.07, 6.45) is 0.922. The summed E-state index contributed by atoms with van der Waals surface area (Å²) in [6.45, 7) is 5.21.